The van der Waals surface area contributed by atoms with Crippen molar-refractivity contribution >= 4 is 6.29 Å². The summed E-state index contributed by atoms with van der Waals surface area (Å²) in [6, 6.07) is 7.91. The van der Waals surface area contributed by atoms with Gasteiger partial charge in [-0.3, -0.25) is 4.79 Å². The molecule has 0 amide bonds. The maximum Gasteiger partial charge on any atom is 0.151 e. The number of aromatic nitrogens is 1. The van der Waals surface area contributed by atoms with E-state index in [1.807, 2.05) is 24.5 Å². The van der Waals surface area contributed by atoms with Crippen molar-refractivity contribution in [3.05, 3.63) is 53.1 Å². The average molecular weight is 261 g/mol. The van der Waals surface area contributed by atoms with E-state index in [1.165, 1.54) is 12.1 Å². The van der Waals surface area contributed by atoms with Gasteiger partial charge < -0.3 is 9.30 Å². The molecule has 0 unspecified atom stereocenters. The molecular formula is C15H16FNO2. The predicted molar refractivity (Wildman–Crippen MR) is 71.2 cm³/mol. The normalized spacial score (nSPS) is 10.5. The minimum absolute atomic E-state index is 0.311. The maximum absolute atomic E-state index is 13.0. The summed E-state index contributed by atoms with van der Waals surface area (Å²) in [4.78, 5) is 10.8. The van der Waals surface area contributed by atoms with E-state index in [2.05, 4.69) is 0 Å². The number of aryl methyl sites for hydroxylation is 1. The SMILES string of the molecule is Cc1cc(C=O)c(C)n1CCOc1cccc(F)c1. The van der Waals surface area contributed by atoms with Crippen molar-refractivity contribution in [2.75, 3.05) is 6.61 Å². The number of ether oxygens (including phenoxy) is 1. The van der Waals surface area contributed by atoms with Crippen molar-refractivity contribution in [2.45, 2.75) is 20.4 Å². The van der Waals surface area contributed by atoms with Gasteiger partial charge in [0.15, 0.2) is 6.29 Å². The van der Waals surface area contributed by atoms with Crippen LogP contribution in [0.4, 0.5) is 4.39 Å². The van der Waals surface area contributed by atoms with Gasteiger partial charge in [-0.05, 0) is 32.0 Å². The van der Waals surface area contributed by atoms with Crippen LogP contribution in [0.1, 0.15) is 21.7 Å². The first-order valence-corrected chi connectivity index (χ1v) is 6.12. The lowest BCUT2D eigenvalue weighted by molar-refractivity contribution is 0.112. The Hall–Kier alpha value is -2.10. The third kappa shape index (κ3) is 3.02. The molecule has 1 aromatic carbocycles. The van der Waals surface area contributed by atoms with E-state index in [1.54, 1.807) is 12.1 Å². The number of carbonyl (C=O) groups excluding carboxylic acids is 1. The highest BCUT2D eigenvalue weighted by Gasteiger charge is 2.08. The Morgan fingerprint density at radius 2 is 2.11 bits per heavy atom. The van der Waals surface area contributed by atoms with Crippen LogP contribution in [0.25, 0.3) is 0 Å². The van der Waals surface area contributed by atoms with Crippen LogP contribution < -0.4 is 4.74 Å². The molecule has 0 N–H and O–H groups in total. The second-order valence-electron chi connectivity index (χ2n) is 4.40. The predicted octanol–water partition coefficient (Wildman–Crippen LogP) is 3.14. The first kappa shape index (κ1) is 13.3. The molecular weight excluding hydrogens is 245 g/mol. The number of hydrogen-bond acceptors (Lipinski definition) is 2. The molecule has 3 nitrogen and oxygen atoms in total. The van der Waals surface area contributed by atoms with Crippen LogP contribution in [-0.4, -0.2) is 17.5 Å². The Kier molecular flexibility index (Phi) is 4.00. The fourth-order valence-electron chi connectivity index (χ4n) is 2.10. The Labute approximate surface area is 111 Å². The van der Waals surface area contributed by atoms with Gasteiger partial charge in [0.1, 0.15) is 18.2 Å². The van der Waals surface area contributed by atoms with E-state index in [4.69, 9.17) is 4.74 Å². The molecule has 2 rings (SSSR count). The second-order valence-corrected chi connectivity index (χ2v) is 4.40. The molecule has 0 aliphatic heterocycles. The first-order chi connectivity index (χ1) is 9.11. The summed E-state index contributed by atoms with van der Waals surface area (Å²) in [6.07, 6.45) is 0.853. The zero-order valence-electron chi connectivity index (χ0n) is 11.0. The van der Waals surface area contributed by atoms with Gasteiger partial charge in [-0.1, -0.05) is 6.07 Å². The molecule has 0 aliphatic carbocycles. The number of nitrogens with zero attached hydrogens (tertiary/aromatic N) is 1. The van der Waals surface area contributed by atoms with Gasteiger partial charge in [0.25, 0.3) is 0 Å². The van der Waals surface area contributed by atoms with E-state index in [0.717, 1.165) is 17.7 Å². The zero-order chi connectivity index (χ0) is 13.8. The zero-order valence-corrected chi connectivity index (χ0v) is 11.0. The Morgan fingerprint density at radius 1 is 1.32 bits per heavy atom. The van der Waals surface area contributed by atoms with Crippen LogP contribution in [-0.2, 0) is 6.54 Å². The number of aldehydes is 1. The topological polar surface area (TPSA) is 31.2 Å². The van der Waals surface area contributed by atoms with Crippen LogP contribution in [0.15, 0.2) is 30.3 Å². The molecule has 0 fully saturated rings. The molecule has 1 heterocycles. The van der Waals surface area contributed by atoms with Gasteiger partial charge in [0, 0.05) is 23.0 Å². The lowest BCUT2D eigenvalue weighted by atomic mass is 10.3. The minimum Gasteiger partial charge on any atom is -0.492 e. The highest BCUT2D eigenvalue weighted by molar-refractivity contribution is 5.77. The van der Waals surface area contributed by atoms with Crippen molar-refractivity contribution in [1.82, 2.24) is 4.57 Å². The molecule has 100 valence electrons. The Bertz CT molecular complexity index is 590. The first-order valence-electron chi connectivity index (χ1n) is 6.12. The third-order valence-electron chi connectivity index (χ3n) is 3.12. The highest BCUT2D eigenvalue weighted by atomic mass is 19.1. The molecule has 0 saturated heterocycles. The van der Waals surface area contributed by atoms with E-state index < -0.39 is 0 Å². The van der Waals surface area contributed by atoms with Crippen LogP contribution in [0.2, 0.25) is 0 Å². The summed E-state index contributed by atoms with van der Waals surface area (Å²) >= 11 is 0. The largest absolute Gasteiger partial charge is 0.492 e. The van der Waals surface area contributed by atoms with Gasteiger partial charge in [0.2, 0.25) is 0 Å². The monoisotopic (exact) mass is 261 g/mol. The Balaban J connectivity index is 2.00. The third-order valence-corrected chi connectivity index (χ3v) is 3.12. The average Bonchev–Trinajstić information content (AvgIpc) is 2.66. The molecule has 0 bridgehead atoms. The van der Waals surface area contributed by atoms with Crippen LogP contribution in [0.5, 0.6) is 5.75 Å². The summed E-state index contributed by atoms with van der Waals surface area (Å²) in [5, 5.41) is 0. The highest BCUT2D eigenvalue weighted by Crippen LogP contribution is 2.15. The summed E-state index contributed by atoms with van der Waals surface area (Å²) in [7, 11) is 0. The fraction of sp³-hybridized carbons (Fsp3) is 0.267. The number of hydrogen-bond donors (Lipinski definition) is 0. The van der Waals surface area contributed by atoms with Gasteiger partial charge >= 0.3 is 0 Å². The Morgan fingerprint density at radius 3 is 2.74 bits per heavy atom. The molecule has 0 saturated carbocycles. The van der Waals surface area contributed by atoms with Crippen molar-refractivity contribution in [3.63, 3.8) is 0 Å². The van der Waals surface area contributed by atoms with Gasteiger partial charge in [-0.15, -0.1) is 0 Å². The lowest BCUT2D eigenvalue weighted by Crippen LogP contribution is -2.11. The quantitative estimate of drug-likeness (QED) is 0.774. The van der Waals surface area contributed by atoms with Crippen molar-refractivity contribution in [1.29, 1.82) is 0 Å². The summed E-state index contributed by atoms with van der Waals surface area (Å²) in [6.45, 7) is 4.90. The smallest absolute Gasteiger partial charge is 0.151 e. The fourth-order valence-corrected chi connectivity index (χ4v) is 2.10. The molecule has 2 aromatic rings. The molecule has 0 atom stereocenters. The van der Waals surface area contributed by atoms with Crippen molar-refractivity contribution in [2.24, 2.45) is 0 Å². The number of halogens is 1. The summed E-state index contributed by atoms with van der Waals surface area (Å²) in [5.41, 5.74) is 2.64. The van der Waals surface area contributed by atoms with E-state index in [9.17, 15) is 9.18 Å². The standard InChI is InChI=1S/C15H16FNO2/c1-11-8-13(10-18)12(2)17(11)6-7-19-15-5-3-4-14(16)9-15/h3-5,8-10H,6-7H2,1-2H3. The number of rotatable bonds is 5. The molecule has 0 aliphatic rings. The van der Waals surface area contributed by atoms with Crippen molar-refractivity contribution in [3.8, 4) is 5.75 Å². The van der Waals surface area contributed by atoms with E-state index >= 15 is 0 Å². The molecule has 0 spiro atoms. The van der Waals surface area contributed by atoms with E-state index in [-0.39, 0.29) is 5.82 Å². The molecule has 0 radical (unpaired) electrons. The lowest BCUT2D eigenvalue weighted by Gasteiger charge is -2.11. The van der Waals surface area contributed by atoms with Crippen molar-refractivity contribution < 1.29 is 13.9 Å². The summed E-state index contributed by atoms with van der Waals surface area (Å²) in [5.74, 6) is 0.201. The molecule has 4 heteroatoms. The summed E-state index contributed by atoms with van der Waals surface area (Å²) < 4.78 is 20.5. The van der Waals surface area contributed by atoms with Gasteiger partial charge in [-0.25, -0.2) is 4.39 Å². The molecule has 19 heavy (non-hydrogen) atoms. The van der Waals surface area contributed by atoms with Gasteiger partial charge in [-0.2, -0.15) is 0 Å². The second kappa shape index (κ2) is 5.69. The van der Waals surface area contributed by atoms with Crippen LogP contribution >= 0.6 is 0 Å². The van der Waals surface area contributed by atoms with E-state index in [0.29, 0.717) is 24.5 Å². The van der Waals surface area contributed by atoms with Crippen LogP contribution in [0.3, 0.4) is 0 Å². The maximum atomic E-state index is 13.0. The minimum atomic E-state index is -0.311. The number of carbonyl (C=O) groups is 1. The number of benzene rings is 1. The van der Waals surface area contributed by atoms with Crippen LogP contribution in [0, 0.1) is 19.7 Å². The van der Waals surface area contributed by atoms with Gasteiger partial charge in [0.05, 0.1) is 6.54 Å². The molecule has 1 aromatic heterocycles.